The average molecular weight is 310 g/mol. The molecule has 3 heterocycles. The third-order valence-corrected chi connectivity index (χ3v) is 5.34. The molecule has 3 aliphatic heterocycles. The maximum Gasteiger partial charge on any atom is 0.137 e. The summed E-state index contributed by atoms with van der Waals surface area (Å²) in [7, 11) is 0. The molecule has 0 aromatic heterocycles. The molecular formula is C20H24NO2+. The standard InChI is InChI=1S/C20H23NO2/c1-2-23-19-8-7-14-5-3-4-6-16(14)17(19)13-18-20(22)15-9-11-21(18)12-10-15/h3-8,13,15,20,22H,2,9-12H2,1H3/p+1/b18-13-/t20-/m0/s1. The molecule has 2 aromatic carbocycles. The lowest BCUT2D eigenvalue weighted by Gasteiger charge is -2.41. The van der Waals surface area contributed by atoms with Crippen LogP contribution in [0.3, 0.4) is 0 Å². The van der Waals surface area contributed by atoms with E-state index in [1.165, 1.54) is 15.7 Å². The predicted molar refractivity (Wildman–Crippen MR) is 92.5 cm³/mol. The summed E-state index contributed by atoms with van der Waals surface area (Å²) in [4.78, 5) is 1.44. The van der Waals surface area contributed by atoms with Crippen molar-refractivity contribution in [2.24, 2.45) is 5.92 Å². The van der Waals surface area contributed by atoms with Crippen molar-refractivity contribution in [3.8, 4) is 5.75 Å². The van der Waals surface area contributed by atoms with Crippen LogP contribution in [0.5, 0.6) is 5.75 Å². The highest BCUT2D eigenvalue weighted by Gasteiger charge is 2.41. The van der Waals surface area contributed by atoms with Crippen LogP contribution < -0.4 is 9.64 Å². The Morgan fingerprint density at radius 2 is 1.96 bits per heavy atom. The van der Waals surface area contributed by atoms with Crippen LogP contribution in [0, 0.1) is 5.92 Å². The van der Waals surface area contributed by atoms with Crippen molar-refractivity contribution in [2.45, 2.75) is 25.9 Å². The van der Waals surface area contributed by atoms with Crippen molar-refractivity contribution >= 4 is 16.8 Å². The number of ether oxygens (including phenoxy) is 1. The van der Waals surface area contributed by atoms with Crippen LogP contribution in [-0.2, 0) is 0 Å². The quantitative estimate of drug-likeness (QED) is 0.912. The van der Waals surface area contributed by atoms with Gasteiger partial charge in [0.05, 0.1) is 19.7 Å². The zero-order chi connectivity index (χ0) is 15.8. The molecule has 3 nitrogen and oxygen atoms in total. The highest BCUT2D eigenvalue weighted by atomic mass is 16.5. The second kappa shape index (κ2) is 5.99. The van der Waals surface area contributed by atoms with Gasteiger partial charge in [-0.25, -0.2) is 0 Å². The van der Waals surface area contributed by atoms with Gasteiger partial charge in [0.2, 0.25) is 0 Å². The Morgan fingerprint density at radius 1 is 1.17 bits per heavy atom. The number of hydrogen-bond donors (Lipinski definition) is 2. The van der Waals surface area contributed by atoms with Crippen LogP contribution in [-0.4, -0.2) is 30.9 Å². The number of hydrogen-bond acceptors (Lipinski definition) is 2. The van der Waals surface area contributed by atoms with Crippen molar-refractivity contribution in [3.05, 3.63) is 47.7 Å². The fourth-order valence-corrected chi connectivity index (χ4v) is 4.10. The molecule has 1 atom stereocenters. The average Bonchev–Trinajstić information content (AvgIpc) is 2.60. The van der Waals surface area contributed by atoms with Gasteiger partial charge in [0, 0.05) is 30.4 Å². The van der Waals surface area contributed by atoms with E-state index in [2.05, 4.69) is 42.5 Å². The van der Waals surface area contributed by atoms with Gasteiger partial charge in [-0.3, -0.25) is 0 Å². The first-order valence-electron chi connectivity index (χ1n) is 8.67. The highest BCUT2D eigenvalue weighted by molar-refractivity contribution is 5.93. The molecule has 3 fully saturated rings. The topological polar surface area (TPSA) is 33.9 Å². The van der Waals surface area contributed by atoms with Gasteiger partial charge in [-0.15, -0.1) is 0 Å². The third-order valence-electron chi connectivity index (χ3n) is 5.34. The van der Waals surface area contributed by atoms with E-state index in [9.17, 15) is 5.11 Å². The van der Waals surface area contributed by atoms with Crippen molar-refractivity contribution in [3.63, 3.8) is 0 Å². The number of aliphatic hydroxyl groups is 1. The minimum absolute atomic E-state index is 0.305. The number of fused-ring (bicyclic) bond motifs is 4. The van der Waals surface area contributed by atoms with E-state index < -0.39 is 0 Å². The van der Waals surface area contributed by atoms with E-state index in [1.54, 1.807) is 0 Å². The zero-order valence-electron chi connectivity index (χ0n) is 13.6. The number of rotatable bonds is 3. The first-order chi connectivity index (χ1) is 11.3. The lowest BCUT2D eigenvalue weighted by Crippen LogP contribution is -3.14. The minimum atomic E-state index is -0.305. The molecule has 3 saturated heterocycles. The van der Waals surface area contributed by atoms with Crippen LogP contribution in [0.1, 0.15) is 25.3 Å². The third kappa shape index (κ3) is 2.54. The first kappa shape index (κ1) is 14.7. The Hall–Kier alpha value is -1.84. The second-order valence-corrected chi connectivity index (χ2v) is 6.62. The molecule has 2 bridgehead atoms. The Morgan fingerprint density at radius 3 is 2.70 bits per heavy atom. The van der Waals surface area contributed by atoms with Gasteiger partial charge < -0.3 is 14.7 Å². The summed E-state index contributed by atoms with van der Waals surface area (Å²) < 4.78 is 5.87. The summed E-state index contributed by atoms with van der Waals surface area (Å²) in [6.07, 6.45) is 4.17. The monoisotopic (exact) mass is 310 g/mol. The predicted octanol–water partition coefficient (Wildman–Crippen LogP) is 2.25. The molecule has 0 unspecified atom stereocenters. The first-order valence-corrected chi connectivity index (χ1v) is 8.67. The van der Waals surface area contributed by atoms with Gasteiger partial charge >= 0.3 is 0 Å². The molecule has 0 radical (unpaired) electrons. The Labute approximate surface area is 137 Å². The van der Waals surface area contributed by atoms with Gasteiger partial charge in [0.15, 0.2) is 0 Å². The molecule has 2 N–H and O–H groups in total. The Kier molecular flexibility index (Phi) is 3.83. The van der Waals surface area contributed by atoms with Crippen molar-refractivity contribution in [1.82, 2.24) is 0 Å². The van der Waals surface area contributed by atoms with Gasteiger partial charge in [-0.05, 0) is 23.8 Å². The molecule has 23 heavy (non-hydrogen) atoms. The van der Waals surface area contributed by atoms with Crippen molar-refractivity contribution in [2.75, 3.05) is 19.7 Å². The van der Waals surface area contributed by atoms with Crippen LogP contribution >= 0.6 is 0 Å². The molecule has 2 aromatic rings. The smallest absolute Gasteiger partial charge is 0.137 e. The summed E-state index contributed by atoms with van der Waals surface area (Å²) in [5, 5.41) is 13.1. The largest absolute Gasteiger partial charge is 0.493 e. The Bertz CT molecular complexity index is 740. The number of aliphatic hydroxyl groups excluding tert-OH is 1. The van der Waals surface area contributed by atoms with Crippen LogP contribution in [0.15, 0.2) is 42.1 Å². The van der Waals surface area contributed by atoms with E-state index in [4.69, 9.17) is 4.74 Å². The van der Waals surface area contributed by atoms with Gasteiger partial charge in [-0.1, -0.05) is 30.3 Å². The fourth-order valence-electron chi connectivity index (χ4n) is 4.10. The van der Waals surface area contributed by atoms with Crippen LogP contribution in [0.2, 0.25) is 0 Å². The molecule has 0 aliphatic carbocycles. The van der Waals surface area contributed by atoms with E-state index in [-0.39, 0.29) is 6.10 Å². The summed E-state index contributed by atoms with van der Waals surface area (Å²) in [6, 6.07) is 12.6. The second-order valence-electron chi connectivity index (χ2n) is 6.62. The maximum atomic E-state index is 10.7. The van der Waals surface area contributed by atoms with Gasteiger partial charge in [0.25, 0.3) is 0 Å². The molecule has 120 valence electrons. The molecular weight excluding hydrogens is 286 g/mol. The minimum Gasteiger partial charge on any atom is -0.493 e. The van der Waals surface area contributed by atoms with Crippen LogP contribution in [0.25, 0.3) is 16.8 Å². The normalized spacial score (nSPS) is 28.4. The molecule has 3 heteroatoms. The molecule has 0 saturated carbocycles. The number of nitrogens with one attached hydrogen (secondary N) is 1. The van der Waals surface area contributed by atoms with Crippen molar-refractivity contribution in [1.29, 1.82) is 0 Å². The summed E-state index contributed by atoms with van der Waals surface area (Å²) >= 11 is 0. The molecule has 0 amide bonds. The van der Waals surface area contributed by atoms with Gasteiger partial charge in [0.1, 0.15) is 17.6 Å². The SMILES string of the molecule is CCOc1ccc2ccccc2c1/C=C1/[C@@H](O)C2CC[NH+]1CC2. The lowest BCUT2D eigenvalue weighted by molar-refractivity contribution is -0.880. The maximum absolute atomic E-state index is 10.7. The van der Waals surface area contributed by atoms with E-state index in [1.807, 2.05) is 6.92 Å². The van der Waals surface area contributed by atoms with E-state index in [0.717, 1.165) is 42.9 Å². The van der Waals surface area contributed by atoms with Gasteiger partial charge in [-0.2, -0.15) is 0 Å². The molecule has 0 spiro atoms. The van der Waals surface area contributed by atoms with Crippen LogP contribution in [0.4, 0.5) is 0 Å². The highest BCUT2D eigenvalue weighted by Crippen LogP contribution is 2.32. The van der Waals surface area contributed by atoms with E-state index >= 15 is 0 Å². The van der Waals surface area contributed by atoms with Crippen molar-refractivity contribution < 1.29 is 14.7 Å². The zero-order valence-corrected chi connectivity index (χ0v) is 13.6. The van der Waals surface area contributed by atoms with E-state index in [0.29, 0.717) is 12.5 Å². The fraction of sp³-hybridized carbons (Fsp3) is 0.400. The summed E-state index contributed by atoms with van der Waals surface area (Å²) in [6.45, 7) is 4.94. The summed E-state index contributed by atoms with van der Waals surface area (Å²) in [5.41, 5.74) is 2.25. The Balaban J connectivity index is 1.86. The number of quaternary nitrogens is 1. The summed E-state index contributed by atoms with van der Waals surface area (Å²) in [5.74, 6) is 1.34. The lowest BCUT2D eigenvalue weighted by atomic mass is 9.82. The number of benzene rings is 2. The number of piperidine rings is 3. The molecule has 5 rings (SSSR count). The molecule has 3 aliphatic rings.